The number of carboxylic acid groups (broad SMARTS) is 1. The largest absolute Gasteiger partial charge is 0.481 e. The summed E-state index contributed by atoms with van der Waals surface area (Å²) in [5, 5.41) is 11.8. The maximum atomic E-state index is 12.1. The predicted molar refractivity (Wildman–Crippen MR) is 71.0 cm³/mol. The number of carbonyl (C=O) groups excluding carboxylic acids is 1. The van der Waals surface area contributed by atoms with Gasteiger partial charge >= 0.3 is 12.0 Å². The van der Waals surface area contributed by atoms with Gasteiger partial charge in [0.1, 0.15) is 0 Å². The van der Waals surface area contributed by atoms with Crippen molar-refractivity contribution in [2.24, 2.45) is 5.92 Å². The number of nitrogens with one attached hydrogen (secondary N) is 1. The number of carbonyl (C=O) groups is 2. The SMILES string of the molecule is COC(C)(C)CNC(=O)N1CCC(C(=O)O)CC1C. The molecule has 19 heavy (non-hydrogen) atoms. The van der Waals surface area contributed by atoms with Crippen molar-refractivity contribution in [3.05, 3.63) is 0 Å². The van der Waals surface area contributed by atoms with Gasteiger partial charge in [0, 0.05) is 26.2 Å². The lowest BCUT2D eigenvalue weighted by Crippen LogP contribution is -2.52. The predicted octanol–water partition coefficient (Wildman–Crippen LogP) is 1.31. The molecular formula is C13H24N2O4. The van der Waals surface area contributed by atoms with Crippen LogP contribution in [0.3, 0.4) is 0 Å². The Balaban J connectivity index is 2.48. The van der Waals surface area contributed by atoms with Crippen LogP contribution in [0.5, 0.6) is 0 Å². The molecular weight excluding hydrogens is 248 g/mol. The summed E-state index contributed by atoms with van der Waals surface area (Å²) >= 11 is 0. The van der Waals surface area contributed by atoms with E-state index in [1.165, 1.54) is 0 Å². The van der Waals surface area contributed by atoms with Crippen LogP contribution in [0.2, 0.25) is 0 Å². The van der Waals surface area contributed by atoms with E-state index in [1.807, 2.05) is 20.8 Å². The molecule has 0 aromatic carbocycles. The van der Waals surface area contributed by atoms with E-state index < -0.39 is 11.6 Å². The molecule has 1 aliphatic rings. The first-order valence-electron chi connectivity index (χ1n) is 6.59. The number of hydrogen-bond acceptors (Lipinski definition) is 3. The van der Waals surface area contributed by atoms with E-state index in [0.29, 0.717) is 25.9 Å². The summed E-state index contributed by atoms with van der Waals surface area (Å²) in [7, 11) is 1.60. The highest BCUT2D eigenvalue weighted by molar-refractivity contribution is 5.75. The van der Waals surface area contributed by atoms with Crippen LogP contribution < -0.4 is 5.32 Å². The summed E-state index contributed by atoms with van der Waals surface area (Å²) in [5.41, 5.74) is -0.404. The maximum Gasteiger partial charge on any atom is 0.317 e. The molecule has 2 unspecified atom stereocenters. The van der Waals surface area contributed by atoms with Gasteiger partial charge in [-0.05, 0) is 33.6 Å². The number of nitrogens with zero attached hydrogens (tertiary/aromatic N) is 1. The van der Waals surface area contributed by atoms with Gasteiger partial charge in [-0.25, -0.2) is 4.79 Å². The van der Waals surface area contributed by atoms with Crippen LogP contribution in [-0.2, 0) is 9.53 Å². The van der Waals surface area contributed by atoms with Crippen molar-refractivity contribution in [1.29, 1.82) is 0 Å². The van der Waals surface area contributed by atoms with Crippen molar-refractivity contribution < 1.29 is 19.4 Å². The first kappa shape index (κ1) is 15.8. The summed E-state index contributed by atoms with van der Waals surface area (Å²) in [4.78, 5) is 24.7. The molecule has 0 spiro atoms. The van der Waals surface area contributed by atoms with E-state index in [9.17, 15) is 9.59 Å². The minimum absolute atomic E-state index is 0.0551. The van der Waals surface area contributed by atoms with Gasteiger partial charge in [-0.15, -0.1) is 0 Å². The fourth-order valence-corrected chi connectivity index (χ4v) is 2.16. The highest BCUT2D eigenvalue weighted by Crippen LogP contribution is 2.23. The van der Waals surface area contributed by atoms with Crippen LogP contribution in [0, 0.1) is 5.92 Å². The van der Waals surface area contributed by atoms with Crippen molar-refractivity contribution >= 4 is 12.0 Å². The molecule has 1 aliphatic heterocycles. The number of amides is 2. The number of methoxy groups -OCH3 is 1. The molecule has 1 saturated heterocycles. The van der Waals surface area contributed by atoms with E-state index in [0.717, 1.165) is 0 Å². The quantitative estimate of drug-likeness (QED) is 0.808. The summed E-state index contributed by atoms with van der Waals surface area (Å²) in [6, 6.07) is -0.207. The Bertz CT molecular complexity index is 344. The molecule has 110 valence electrons. The number of ether oxygens (including phenoxy) is 1. The summed E-state index contributed by atoms with van der Waals surface area (Å²) in [5.74, 6) is -1.11. The zero-order valence-electron chi connectivity index (χ0n) is 12.1. The second-order valence-corrected chi connectivity index (χ2v) is 5.72. The zero-order chi connectivity index (χ0) is 14.6. The first-order valence-corrected chi connectivity index (χ1v) is 6.59. The molecule has 1 rings (SSSR count). The summed E-state index contributed by atoms with van der Waals surface area (Å²) in [6.07, 6.45) is 1.02. The van der Waals surface area contributed by atoms with Crippen LogP contribution in [0.4, 0.5) is 4.79 Å². The average molecular weight is 272 g/mol. The molecule has 2 N–H and O–H groups in total. The molecule has 0 aromatic heterocycles. The van der Waals surface area contributed by atoms with Crippen molar-refractivity contribution in [3.8, 4) is 0 Å². The Morgan fingerprint density at radius 3 is 2.58 bits per heavy atom. The lowest BCUT2D eigenvalue weighted by Gasteiger charge is -2.37. The third kappa shape index (κ3) is 4.38. The molecule has 0 bridgehead atoms. The van der Waals surface area contributed by atoms with Gasteiger partial charge in [0.05, 0.1) is 11.5 Å². The third-order valence-electron chi connectivity index (χ3n) is 3.70. The average Bonchev–Trinajstić information content (AvgIpc) is 2.36. The van der Waals surface area contributed by atoms with Crippen molar-refractivity contribution in [3.63, 3.8) is 0 Å². The molecule has 0 aromatic rings. The topological polar surface area (TPSA) is 78.9 Å². The second-order valence-electron chi connectivity index (χ2n) is 5.72. The van der Waals surface area contributed by atoms with Gasteiger partial charge in [-0.2, -0.15) is 0 Å². The molecule has 2 amide bonds. The van der Waals surface area contributed by atoms with E-state index >= 15 is 0 Å². The van der Waals surface area contributed by atoms with Gasteiger partial charge in [0.2, 0.25) is 0 Å². The Morgan fingerprint density at radius 2 is 2.11 bits per heavy atom. The lowest BCUT2D eigenvalue weighted by molar-refractivity contribution is -0.143. The number of hydrogen-bond donors (Lipinski definition) is 2. The van der Waals surface area contributed by atoms with E-state index in [-0.39, 0.29) is 18.0 Å². The minimum atomic E-state index is -0.771. The third-order valence-corrected chi connectivity index (χ3v) is 3.70. The summed E-state index contributed by atoms with van der Waals surface area (Å²) in [6.45, 7) is 6.59. The molecule has 0 saturated carbocycles. The number of carboxylic acids is 1. The van der Waals surface area contributed by atoms with Gasteiger partial charge < -0.3 is 20.1 Å². The molecule has 1 fully saturated rings. The fraction of sp³-hybridized carbons (Fsp3) is 0.846. The molecule has 6 heteroatoms. The van der Waals surface area contributed by atoms with Gasteiger partial charge in [-0.1, -0.05) is 0 Å². The summed E-state index contributed by atoms with van der Waals surface area (Å²) < 4.78 is 5.24. The number of urea groups is 1. The van der Waals surface area contributed by atoms with Gasteiger partial charge in [0.25, 0.3) is 0 Å². The van der Waals surface area contributed by atoms with E-state index in [2.05, 4.69) is 5.32 Å². The number of rotatable bonds is 4. The van der Waals surface area contributed by atoms with Gasteiger partial charge in [0.15, 0.2) is 0 Å². The Kier molecular flexibility index (Phi) is 5.17. The van der Waals surface area contributed by atoms with Crippen molar-refractivity contribution in [2.45, 2.75) is 45.3 Å². The molecule has 6 nitrogen and oxygen atoms in total. The number of aliphatic carboxylic acids is 1. The highest BCUT2D eigenvalue weighted by Gasteiger charge is 2.32. The highest BCUT2D eigenvalue weighted by atomic mass is 16.5. The van der Waals surface area contributed by atoms with Crippen LogP contribution in [0.1, 0.15) is 33.6 Å². The Labute approximate surface area is 114 Å². The lowest BCUT2D eigenvalue weighted by atomic mass is 9.92. The van der Waals surface area contributed by atoms with Crippen LogP contribution in [0.15, 0.2) is 0 Å². The molecule has 1 heterocycles. The minimum Gasteiger partial charge on any atom is -0.481 e. The van der Waals surface area contributed by atoms with Gasteiger partial charge in [-0.3, -0.25) is 4.79 Å². The Morgan fingerprint density at radius 1 is 1.47 bits per heavy atom. The first-order chi connectivity index (χ1) is 8.76. The van der Waals surface area contributed by atoms with Crippen LogP contribution >= 0.6 is 0 Å². The maximum absolute atomic E-state index is 12.1. The van der Waals surface area contributed by atoms with Crippen molar-refractivity contribution in [2.75, 3.05) is 20.2 Å². The van der Waals surface area contributed by atoms with E-state index in [1.54, 1.807) is 12.0 Å². The van der Waals surface area contributed by atoms with Crippen LogP contribution in [0.25, 0.3) is 0 Å². The van der Waals surface area contributed by atoms with Crippen molar-refractivity contribution in [1.82, 2.24) is 10.2 Å². The van der Waals surface area contributed by atoms with E-state index in [4.69, 9.17) is 9.84 Å². The molecule has 0 radical (unpaired) electrons. The monoisotopic (exact) mass is 272 g/mol. The molecule has 0 aliphatic carbocycles. The second kappa shape index (κ2) is 6.23. The molecule has 2 atom stereocenters. The standard InChI is InChI=1S/C13H24N2O4/c1-9-7-10(11(16)17)5-6-15(9)12(18)14-8-13(2,3)19-4/h9-10H,5-8H2,1-4H3,(H,14,18)(H,16,17). The smallest absolute Gasteiger partial charge is 0.317 e. The fourth-order valence-electron chi connectivity index (χ4n) is 2.16. The van der Waals surface area contributed by atoms with Crippen LogP contribution in [-0.4, -0.2) is 53.8 Å². The Hall–Kier alpha value is -1.30. The normalized spacial score (nSPS) is 24.1. The number of piperidine rings is 1. The zero-order valence-corrected chi connectivity index (χ0v) is 12.1. The number of likely N-dealkylation sites (tertiary alicyclic amines) is 1.